The van der Waals surface area contributed by atoms with E-state index in [0.717, 1.165) is 6.54 Å². The van der Waals surface area contributed by atoms with E-state index in [4.69, 9.17) is 0 Å². The van der Waals surface area contributed by atoms with E-state index in [2.05, 4.69) is 109 Å². The van der Waals surface area contributed by atoms with Crippen LogP contribution in [-0.2, 0) is 0 Å². The van der Waals surface area contributed by atoms with Crippen LogP contribution in [0.3, 0.4) is 0 Å². The molecule has 176 valence electrons. The zero-order valence-electron chi connectivity index (χ0n) is 21.9. The molecule has 1 nitrogen and oxygen atoms in total. The molecule has 2 aromatic rings. The quantitative estimate of drug-likeness (QED) is 0.419. The minimum absolute atomic E-state index is 0.425. The third-order valence-corrected chi connectivity index (χ3v) is 7.73. The number of benzene rings is 2. The third-order valence-electron chi connectivity index (χ3n) is 7.73. The van der Waals surface area contributed by atoms with Gasteiger partial charge in [0.15, 0.2) is 0 Å². The largest absolute Gasteiger partial charge is 0.313 e. The maximum Gasteiger partial charge on any atom is 0.0243 e. The highest BCUT2D eigenvalue weighted by molar-refractivity contribution is 5.39. The second-order valence-corrected chi connectivity index (χ2v) is 11.5. The molecule has 1 aliphatic heterocycles. The molecule has 0 radical (unpaired) electrons. The molecule has 0 saturated carbocycles. The molecule has 0 bridgehead atoms. The molecule has 1 fully saturated rings. The molecule has 2 aromatic carbocycles. The van der Waals surface area contributed by atoms with Gasteiger partial charge in [-0.05, 0) is 77.1 Å². The third kappa shape index (κ3) is 5.66. The first-order valence-electron chi connectivity index (χ1n) is 13.1. The Kier molecular flexibility index (Phi) is 8.62. The Morgan fingerprint density at radius 3 is 1.19 bits per heavy atom. The van der Waals surface area contributed by atoms with E-state index in [0.29, 0.717) is 47.5 Å². The molecule has 1 saturated heterocycles. The van der Waals surface area contributed by atoms with Gasteiger partial charge in [-0.3, -0.25) is 0 Å². The Morgan fingerprint density at radius 1 is 0.562 bits per heavy atom. The maximum atomic E-state index is 3.80. The van der Waals surface area contributed by atoms with E-state index < -0.39 is 0 Å². The molecule has 1 atom stereocenters. The van der Waals surface area contributed by atoms with Gasteiger partial charge in [0, 0.05) is 12.0 Å². The number of hydrogen-bond acceptors (Lipinski definition) is 1. The van der Waals surface area contributed by atoms with E-state index in [-0.39, 0.29) is 0 Å². The van der Waals surface area contributed by atoms with E-state index in [1.54, 1.807) is 0 Å². The first-order chi connectivity index (χ1) is 15.2. The van der Waals surface area contributed by atoms with Gasteiger partial charge in [0.05, 0.1) is 0 Å². The Balaban J connectivity index is 1.93. The first kappa shape index (κ1) is 25.0. The fourth-order valence-electron chi connectivity index (χ4n) is 6.58. The molecule has 0 spiro atoms. The minimum atomic E-state index is 0.425. The second kappa shape index (κ2) is 11.0. The molecule has 0 unspecified atom stereocenters. The summed E-state index contributed by atoms with van der Waals surface area (Å²) in [4.78, 5) is 0. The van der Waals surface area contributed by atoms with Crippen molar-refractivity contribution in [1.82, 2.24) is 5.32 Å². The topological polar surface area (TPSA) is 12.0 Å². The SMILES string of the molecule is CC(C)C(c1ccc(C(c2ccc(C(C(C)C)C(C)C)cc2)[C@@H]2CCCN2)cc1)C(C)C. The average molecular weight is 434 g/mol. The van der Waals surface area contributed by atoms with Gasteiger partial charge in [-0.15, -0.1) is 0 Å². The van der Waals surface area contributed by atoms with Crippen LogP contribution < -0.4 is 5.32 Å². The number of rotatable bonds is 9. The molecular weight excluding hydrogens is 386 g/mol. The summed E-state index contributed by atoms with van der Waals surface area (Å²) >= 11 is 0. The summed E-state index contributed by atoms with van der Waals surface area (Å²) in [6.07, 6.45) is 2.54. The fraction of sp³-hybridized carbons (Fsp3) is 0.613. The van der Waals surface area contributed by atoms with Crippen LogP contribution in [0.4, 0.5) is 0 Å². The molecule has 32 heavy (non-hydrogen) atoms. The van der Waals surface area contributed by atoms with Crippen molar-refractivity contribution in [3.8, 4) is 0 Å². The van der Waals surface area contributed by atoms with Crippen molar-refractivity contribution in [2.24, 2.45) is 23.7 Å². The summed E-state index contributed by atoms with van der Waals surface area (Å²) in [5, 5.41) is 3.80. The zero-order chi connectivity index (χ0) is 23.4. The summed E-state index contributed by atoms with van der Waals surface area (Å²) in [6, 6.07) is 19.8. The predicted molar refractivity (Wildman–Crippen MR) is 141 cm³/mol. The van der Waals surface area contributed by atoms with Crippen LogP contribution >= 0.6 is 0 Å². The second-order valence-electron chi connectivity index (χ2n) is 11.5. The van der Waals surface area contributed by atoms with E-state index in [9.17, 15) is 0 Å². The normalized spacial score (nSPS) is 17.3. The summed E-state index contributed by atoms with van der Waals surface area (Å²) in [7, 11) is 0. The molecule has 1 aliphatic rings. The van der Waals surface area contributed by atoms with E-state index in [1.165, 1.54) is 35.1 Å². The monoisotopic (exact) mass is 433 g/mol. The van der Waals surface area contributed by atoms with E-state index in [1.807, 2.05) is 0 Å². The highest BCUT2D eigenvalue weighted by Crippen LogP contribution is 2.37. The Hall–Kier alpha value is -1.60. The maximum absolute atomic E-state index is 3.80. The van der Waals surface area contributed by atoms with Crippen LogP contribution in [0.25, 0.3) is 0 Å². The highest BCUT2D eigenvalue weighted by Gasteiger charge is 2.29. The van der Waals surface area contributed by atoms with Crippen LogP contribution in [0.1, 0.15) is 108 Å². The summed E-state index contributed by atoms with van der Waals surface area (Å²) in [5.41, 5.74) is 5.89. The van der Waals surface area contributed by atoms with Gasteiger partial charge in [-0.2, -0.15) is 0 Å². The molecule has 0 aromatic heterocycles. The average Bonchev–Trinajstić information content (AvgIpc) is 3.24. The van der Waals surface area contributed by atoms with Gasteiger partial charge < -0.3 is 5.32 Å². The minimum Gasteiger partial charge on any atom is -0.313 e. The van der Waals surface area contributed by atoms with Crippen molar-refractivity contribution in [2.45, 2.75) is 92.0 Å². The molecule has 1 heteroatoms. The lowest BCUT2D eigenvalue weighted by Crippen LogP contribution is -2.29. The predicted octanol–water partition coefficient (Wildman–Crippen LogP) is 8.36. The van der Waals surface area contributed by atoms with Gasteiger partial charge in [-0.1, -0.05) is 104 Å². The summed E-state index contributed by atoms with van der Waals surface area (Å²) < 4.78 is 0. The number of nitrogens with one attached hydrogen (secondary N) is 1. The number of hydrogen-bond donors (Lipinski definition) is 1. The smallest absolute Gasteiger partial charge is 0.0243 e. The van der Waals surface area contributed by atoms with Crippen molar-refractivity contribution < 1.29 is 0 Å². The molecule has 0 amide bonds. The van der Waals surface area contributed by atoms with Crippen molar-refractivity contribution in [3.63, 3.8) is 0 Å². The van der Waals surface area contributed by atoms with Crippen LogP contribution in [0.5, 0.6) is 0 Å². The highest BCUT2D eigenvalue weighted by atomic mass is 14.9. The first-order valence-corrected chi connectivity index (χ1v) is 13.1. The molecular formula is C31H47N. The van der Waals surface area contributed by atoms with Gasteiger partial charge in [0.25, 0.3) is 0 Å². The standard InChI is InChI=1S/C31H47N/c1-20(2)29(21(3)4)24-11-15-26(16-12-24)31(28-10-9-19-32-28)27-17-13-25(14-18-27)30(22(5)6)23(7)8/h11-18,20-23,28-32H,9-10,19H2,1-8H3/t28-/m0/s1. The van der Waals surface area contributed by atoms with Gasteiger partial charge in [0.2, 0.25) is 0 Å². The summed E-state index contributed by atoms with van der Waals surface area (Å²) in [5.74, 6) is 4.32. The Morgan fingerprint density at radius 2 is 0.906 bits per heavy atom. The van der Waals surface area contributed by atoms with Gasteiger partial charge >= 0.3 is 0 Å². The molecule has 1 N–H and O–H groups in total. The zero-order valence-corrected chi connectivity index (χ0v) is 21.9. The van der Waals surface area contributed by atoms with Crippen molar-refractivity contribution in [1.29, 1.82) is 0 Å². The summed E-state index contributed by atoms with van der Waals surface area (Å²) in [6.45, 7) is 20.0. The lowest BCUT2D eigenvalue weighted by atomic mass is 9.77. The van der Waals surface area contributed by atoms with Crippen LogP contribution in [0, 0.1) is 23.7 Å². The molecule has 1 heterocycles. The van der Waals surface area contributed by atoms with Crippen LogP contribution in [0.2, 0.25) is 0 Å². The lowest BCUT2D eigenvalue weighted by Gasteiger charge is -2.29. The van der Waals surface area contributed by atoms with E-state index >= 15 is 0 Å². The van der Waals surface area contributed by atoms with Crippen LogP contribution in [-0.4, -0.2) is 12.6 Å². The molecule has 3 rings (SSSR count). The van der Waals surface area contributed by atoms with Crippen LogP contribution in [0.15, 0.2) is 48.5 Å². The van der Waals surface area contributed by atoms with Crippen molar-refractivity contribution >= 4 is 0 Å². The fourth-order valence-corrected chi connectivity index (χ4v) is 6.58. The molecule has 0 aliphatic carbocycles. The Bertz CT molecular complexity index is 727. The van der Waals surface area contributed by atoms with Crippen molar-refractivity contribution in [2.75, 3.05) is 6.54 Å². The van der Waals surface area contributed by atoms with Gasteiger partial charge in [-0.25, -0.2) is 0 Å². The van der Waals surface area contributed by atoms with Crippen molar-refractivity contribution in [3.05, 3.63) is 70.8 Å². The lowest BCUT2D eigenvalue weighted by molar-refractivity contribution is 0.387. The van der Waals surface area contributed by atoms with Gasteiger partial charge in [0.1, 0.15) is 0 Å². The Labute approximate surface area is 198 Å².